The van der Waals surface area contributed by atoms with Crippen LogP contribution in [0, 0.1) is 0 Å². The molecule has 0 saturated carbocycles. The summed E-state index contributed by atoms with van der Waals surface area (Å²) in [5.74, 6) is -2.11. The van der Waals surface area contributed by atoms with Gasteiger partial charge >= 0.3 is 11.7 Å². The minimum Gasteiger partial charge on any atom is -0.480 e. The van der Waals surface area contributed by atoms with Crippen LogP contribution in [-0.4, -0.2) is 59.5 Å². The van der Waals surface area contributed by atoms with Crippen molar-refractivity contribution >= 4 is 29.5 Å². The van der Waals surface area contributed by atoms with E-state index in [0.717, 1.165) is 4.57 Å². The Bertz CT molecular complexity index is 936. The van der Waals surface area contributed by atoms with Crippen molar-refractivity contribution in [3.63, 3.8) is 0 Å². The number of aliphatic carboxylic acids is 1. The molecule has 2 saturated heterocycles. The van der Waals surface area contributed by atoms with E-state index in [1.165, 1.54) is 22.9 Å². The number of β-lactam (4-membered cyclic amide) rings is 1. The molecular weight excluding hydrogens is 376 g/mol. The number of carbonyl (C=O) groups excluding carboxylic acids is 2. The van der Waals surface area contributed by atoms with Crippen LogP contribution in [0.2, 0.25) is 0 Å². The number of carbonyl (C=O) groups is 3. The molecule has 0 aromatic carbocycles. The maximum atomic E-state index is 12.4. The highest BCUT2D eigenvalue weighted by Gasteiger charge is 2.64. The summed E-state index contributed by atoms with van der Waals surface area (Å²) in [5.41, 5.74) is -0.838. The summed E-state index contributed by atoms with van der Waals surface area (Å²) in [4.78, 5) is 63.0. The second-order valence-electron chi connectivity index (χ2n) is 7.04. The summed E-state index contributed by atoms with van der Waals surface area (Å²) in [6.07, 6.45) is 1.72. The van der Waals surface area contributed by atoms with Gasteiger partial charge in [0.15, 0.2) is 0 Å². The van der Waals surface area contributed by atoms with Crippen molar-refractivity contribution in [2.75, 3.05) is 0 Å². The molecule has 0 bridgehead atoms. The SMILES string of the molecule is CCc1cn(CC(=O)NC2C(=O)N3[C@@H]2SC(C)(C)[C@@H]3C(=O)O)c(=O)[nH]c1=O. The molecule has 1 aromatic rings. The van der Waals surface area contributed by atoms with Crippen molar-refractivity contribution in [1.29, 1.82) is 0 Å². The number of hydrogen-bond acceptors (Lipinski definition) is 6. The van der Waals surface area contributed by atoms with Gasteiger partial charge in [0.05, 0.1) is 0 Å². The van der Waals surface area contributed by atoms with Gasteiger partial charge in [-0.05, 0) is 20.3 Å². The summed E-state index contributed by atoms with van der Waals surface area (Å²) in [6, 6.07) is -1.79. The molecular formula is C16H20N4O6S. The highest BCUT2D eigenvalue weighted by Crippen LogP contribution is 2.50. The molecule has 11 heteroatoms. The first-order valence-electron chi connectivity index (χ1n) is 8.41. The van der Waals surface area contributed by atoms with Crippen LogP contribution >= 0.6 is 11.8 Å². The van der Waals surface area contributed by atoms with Gasteiger partial charge in [-0.15, -0.1) is 11.8 Å². The quantitative estimate of drug-likeness (QED) is 0.527. The van der Waals surface area contributed by atoms with Crippen molar-refractivity contribution in [1.82, 2.24) is 19.8 Å². The Morgan fingerprint density at radius 3 is 2.59 bits per heavy atom. The van der Waals surface area contributed by atoms with E-state index >= 15 is 0 Å². The third-order valence-corrected chi connectivity index (χ3v) is 6.34. The second-order valence-corrected chi connectivity index (χ2v) is 8.81. The summed E-state index contributed by atoms with van der Waals surface area (Å²) < 4.78 is 0.389. The molecule has 3 heterocycles. The minimum atomic E-state index is -1.08. The lowest BCUT2D eigenvalue weighted by molar-refractivity contribution is -0.161. The first-order chi connectivity index (χ1) is 12.6. The number of nitrogens with one attached hydrogen (secondary N) is 2. The van der Waals surface area contributed by atoms with E-state index in [9.17, 15) is 29.1 Å². The predicted molar refractivity (Wildman–Crippen MR) is 96.4 cm³/mol. The number of nitrogens with zero attached hydrogens (tertiary/aromatic N) is 2. The van der Waals surface area contributed by atoms with Crippen LogP contribution < -0.4 is 16.6 Å². The van der Waals surface area contributed by atoms with Crippen LogP contribution in [-0.2, 0) is 27.3 Å². The lowest BCUT2D eigenvalue weighted by Gasteiger charge is -2.43. The topological polar surface area (TPSA) is 142 Å². The molecule has 146 valence electrons. The number of carboxylic acids is 1. The molecule has 3 N–H and O–H groups in total. The fraction of sp³-hybridized carbons (Fsp3) is 0.562. The van der Waals surface area contributed by atoms with Crippen LogP contribution in [0.1, 0.15) is 26.3 Å². The lowest BCUT2D eigenvalue weighted by atomic mass is 9.96. The van der Waals surface area contributed by atoms with E-state index in [2.05, 4.69) is 10.3 Å². The number of aryl methyl sites for hydroxylation is 1. The van der Waals surface area contributed by atoms with Crippen molar-refractivity contribution in [3.8, 4) is 0 Å². The number of H-pyrrole nitrogens is 1. The standard InChI is InChI=1S/C16H20N4O6S/c1-4-7-5-19(15(26)18-11(7)22)6-8(21)17-9-12(23)20-10(14(24)25)16(2,3)27-13(9)20/h5,9-10,13H,4,6H2,1-3H3,(H,17,21)(H,24,25)(H,18,22,26)/t9?,10-,13+/m0/s1. The third-order valence-electron chi connectivity index (χ3n) is 4.77. The summed E-state index contributed by atoms with van der Waals surface area (Å²) in [6.45, 7) is 4.88. The number of carboxylic acid groups (broad SMARTS) is 1. The molecule has 10 nitrogen and oxygen atoms in total. The Morgan fingerprint density at radius 2 is 2.00 bits per heavy atom. The van der Waals surface area contributed by atoms with Gasteiger partial charge in [-0.3, -0.25) is 23.9 Å². The van der Waals surface area contributed by atoms with Gasteiger partial charge in [-0.1, -0.05) is 6.92 Å². The largest absolute Gasteiger partial charge is 0.480 e. The van der Waals surface area contributed by atoms with E-state index in [4.69, 9.17) is 0 Å². The number of rotatable bonds is 5. The van der Waals surface area contributed by atoms with Crippen molar-refractivity contribution < 1.29 is 19.5 Å². The minimum absolute atomic E-state index is 0.352. The molecule has 2 fully saturated rings. The van der Waals surface area contributed by atoms with Gasteiger partial charge in [-0.2, -0.15) is 0 Å². The zero-order valence-electron chi connectivity index (χ0n) is 15.0. The summed E-state index contributed by atoms with van der Waals surface area (Å²) in [5, 5.41) is 11.5. The molecule has 27 heavy (non-hydrogen) atoms. The third kappa shape index (κ3) is 3.15. The molecule has 3 rings (SSSR count). The van der Waals surface area contributed by atoms with Crippen LogP contribution in [0.25, 0.3) is 0 Å². The van der Waals surface area contributed by atoms with E-state index in [-0.39, 0.29) is 6.54 Å². The fourth-order valence-electron chi connectivity index (χ4n) is 3.44. The van der Waals surface area contributed by atoms with E-state index in [1.54, 1.807) is 20.8 Å². The highest BCUT2D eigenvalue weighted by atomic mass is 32.2. The molecule has 2 amide bonds. The molecule has 2 aliphatic rings. The fourth-order valence-corrected chi connectivity index (χ4v) is 5.07. The van der Waals surface area contributed by atoms with Gasteiger partial charge in [0.1, 0.15) is 24.0 Å². The number of hydrogen-bond donors (Lipinski definition) is 3. The summed E-state index contributed by atoms with van der Waals surface area (Å²) >= 11 is 1.32. The Hall–Kier alpha value is -2.56. The number of aromatic nitrogens is 2. The first kappa shape index (κ1) is 19.2. The Labute approximate surface area is 157 Å². The van der Waals surface area contributed by atoms with Crippen LogP contribution in [0.15, 0.2) is 15.8 Å². The zero-order chi connectivity index (χ0) is 20.1. The van der Waals surface area contributed by atoms with E-state index in [0.29, 0.717) is 12.0 Å². The van der Waals surface area contributed by atoms with Gasteiger partial charge in [0.2, 0.25) is 11.8 Å². The molecule has 3 atom stereocenters. The maximum absolute atomic E-state index is 12.4. The Morgan fingerprint density at radius 1 is 1.33 bits per heavy atom. The van der Waals surface area contributed by atoms with Gasteiger partial charge in [0.25, 0.3) is 5.56 Å². The molecule has 2 aliphatic heterocycles. The molecule has 0 spiro atoms. The van der Waals surface area contributed by atoms with Gasteiger partial charge in [0, 0.05) is 16.5 Å². The number of fused-ring (bicyclic) bond motifs is 1. The Kier molecular flexibility index (Phi) is 4.66. The van der Waals surface area contributed by atoms with Crippen molar-refractivity contribution in [2.45, 2.75) is 55.9 Å². The van der Waals surface area contributed by atoms with Crippen molar-refractivity contribution in [3.05, 3.63) is 32.6 Å². The maximum Gasteiger partial charge on any atom is 0.328 e. The van der Waals surface area contributed by atoms with E-state index in [1.807, 2.05) is 0 Å². The lowest BCUT2D eigenvalue weighted by Crippen LogP contribution is -2.70. The molecule has 1 aromatic heterocycles. The molecule has 0 aliphatic carbocycles. The average molecular weight is 396 g/mol. The van der Waals surface area contributed by atoms with Crippen LogP contribution in [0.3, 0.4) is 0 Å². The molecule has 0 radical (unpaired) electrons. The van der Waals surface area contributed by atoms with Crippen LogP contribution in [0.4, 0.5) is 0 Å². The van der Waals surface area contributed by atoms with Gasteiger partial charge in [-0.25, -0.2) is 9.59 Å². The first-order valence-corrected chi connectivity index (χ1v) is 9.29. The van der Waals surface area contributed by atoms with Crippen LogP contribution in [0.5, 0.6) is 0 Å². The molecule has 1 unspecified atom stereocenters. The van der Waals surface area contributed by atoms with Gasteiger partial charge < -0.3 is 15.3 Å². The van der Waals surface area contributed by atoms with Crippen molar-refractivity contribution in [2.24, 2.45) is 0 Å². The number of aromatic amines is 1. The smallest absolute Gasteiger partial charge is 0.328 e. The predicted octanol–water partition coefficient (Wildman–Crippen LogP) is -1.27. The Balaban J connectivity index is 1.72. The number of thioether (sulfide) groups is 1. The normalized spacial score (nSPS) is 25.7. The summed E-state index contributed by atoms with van der Waals surface area (Å²) in [7, 11) is 0. The second kappa shape index (κ2) is 6.55. The average Bonchev–Trinajstić information content (AvgIpc) is 2.83. The van der Waals surface area contributed by atoms with E-state index < -0.39 is 51.2 Å². The zero-order valence-corrected chi connectivity index (χ0v) is 15.8. The number of amides is 2. The monoisotopic (exact) mass is 396 g/mol. The highest BCUT2D eigenvalue weighted by molar-refractivity contribution is 8.01.